The molecule has 1 unspecified atom stereocenters. The van der Waals surface area contributed by atoms with Crippen LogP contribution in [0.2, 0.25) is 0 Å². The lowest BCUT2D eigenvalue weighted by atomic mass is 10.1. The van der Waals surface area contributed by atoms with Crippen molar-refractivity contribution in [1.82, 2.24) is 15.5 Å². The standard InChI is InChI=1S/C9H19N3O/c1-10-8-4-3-5-12(6-8)7-9(13)11-2/h8,10H,3-7H2,1-2H3,(H,11,13). The number of rotatable bonds is 3. The molecule has 0 radical (unpaired) electrons. The molecule has 2 N–H and O–H groups in total. The Morgan fingerprint density at radius 3 is 2.92 bits per heavy atom. The van der Waals surface area contributed by atoms with E-state index in [0.717, 1.165) is 13.1 Å². The molecule has 0 aliphatic carbocycles. The maximum absolute atomic E-state index is 11.1. The molecule has 1 rings (SSSR count). The lowest BCUT2D eigenvalue weighted by molar-refractivity contribution is -0.122. The molecule has 4 nitrogen and oxygen atoms in total. The van der Waals surface area contributed by atoms with Gasteiger partial charge in [0.15, 0.2) is 0 Å². The normalized spacial score (nSPS) is 24.3. The summed E-state index contributed by atoms with van der Waals surface area (Å²) in [7, 11) is 3.66. The van der Waals surface area contributed by atoms with E-state index in [1.54, 1.807) is 7.05 Å². The third-order valence-electron chi connectivity index (χ3n) is 2.56. The zero-order chi connectivity index (χ0) is 9.68. The van der Waals surface area contributed by atoms with Crippen LogP contribution in [-0.2, 0) is 4.79 Å². The molecule has 1 saturated heterocycles. The molecule has 1 amide bonds. The van der Waals surface area contributed by atoms with Crippen LogP contribution in [0.3, 0.4) is 0 Å². The van der Waals surface area contributed by atoms with Crippen LogP contribution in [-0.4, -0.2) is 50.6 Å². The van der Waals surface area contributed by atoms with Crippen molar-refractivity contribution in [1.29, 1.82) is 0 Å². The summed E-state index contributed by atoms with van der Waals surface area (Å²) in [5.74, 6) is 0.108. The van der Waals surface area contributed by atoms with E-state index in [4.69, 9.17) is 0 Å². The van der Waals surface area contributed by atoms with Crippen molar-refractivity contribution < 1.29 is 4.79 Å². The fourth-order valence-corrected chi connectivity index (χ4v) is 1.72. The predicted octanol–water partition coefficient (Wildman–Crippen LogP) is -0.584. The summed E-state index contributed by atoms with van der Waals surface area (Å²) < 4.78 is 0. The zero-order valence-corrected chi connectivity index (χ0v) is 8.47. The molecule has 0 aromatic heterocycles. The summed E-state index contributed by atoms with van der Waals surface area (Å²) in [4.78, 5) is 13.3. The molecule has 0 saturated carbocycles. The third-order valence-corrected chi connectivity index (χ3v) is 2.56. The highest BCUT2D eigenvalue weighted by Gasteiger charge is 2.19. The number of amides is 1. The molecule has 1 atom stereocenters. The first-order valence-electron chi connectivity index (χ1n) is 4.86. The van der Waals surface area contributed by atoms with Gasteiger partial charge in [-0.25, -0.2) is 0 Å². The molecule has 0 spiro atoms. The average Bonchev–Trinajstić information content (AvgIpc) is 2.18. The van der Waals surface area contributed by atoms with Crippen molar-refractivity contribution in [3.8, 4) is 0 Å². The molecular formula is C9H19N3O. The molecule has 1 aliphatic heterocycles. The average molecular weight is 185 g/mol. The molecule has 0 aromatic carbocycles. The summed E-state index contributed by atoms with van der Waals surface area (Å²) >= 11 is 0. The fourth-order valence-electron chi connectivity index (χ4n) is 1.72. The minimum atomic E-state index is 0.108. The molecule has 4 heteroatoms. The Hall–Kier alpha value is -0.610. The van der Waals surface area contributed by atoms with Gasteiger partial charge in [-0.05, 0) is 26.4 Å². The number of carbonyl (C=O) groups excluding carboxylic acids is 1. The van der Waals surface area contributed by atoms with Crippen molar-refractivity contribution in [2.24, 2.45) is 0 Å². The first-order valence-corrected chi connectivity index (χ1v) is 4.86. The SMILES string of the molecule is CNC(=O)CN1CCCC(NC)C1. The van der Waals surface area contributed by atoms with Gasteiger partial charge in [0, 0.05) is 19.6 Å². The van der Waals surface area contributed by atoms with Gasteiger partial charge >= 0.3 is 0 Å². The van der Waals surface area contributed by atoms with Crippen molar-refractivity contribution >= 4 is 5.91 Å². The number of likely N-dealkylation sites (N-methyl/N-ethyl adjacent to an activating group) is 2. The van der Waals surface area contributed by atoms with Crippen LogP contribution in [0.5, 0.6) is 0 Å². The molecule has 1 fully saturated rings. The van der Waals surface area contributed by atoms with E-state index in [-0.39, 0.29) is 5.91 Å². The molecule has 0 bridgehead atoms. The van der Waals surface area contributed by atoms with Gasteiger partial charge in [-0.1, -0.05) is 0 Å². The summed E-state index contributed by atoms with van der Waals surface area (Å²) in [5, 5.41) is 5.90. The second-order valence-electron chi connectivity index (χ2n) is 3.54. The van der Waals surface area contributed by atoms with Crippen LogP contribution in [0.4, 0.5) is 0 Å². The Labute approximate surface area is 79.7 Å². The van der Waals surface area contributed by atoms with Gasteiger partial charge < -0.3 is 10.6 Å². The zero-order valence-electron chi connectivity index (χ0n) is 8.47. The number of carbonyl (C=O) groups is 1. The van der Waals surface area contributed by atoms with E-state index in [0.29, 0.717) is 12.6 Å². The Kier molecular flexibility index (Phi) is 4.18. The second-order valence-corrected chi connectivity index (χ2v) is 3.54. The van der Waals surface area contributed by atoms with E-state index in [9.17, 15) is 4.79 Å². The van der Waals surface area contributed by atoms with Gasteiger partial charge in [0.25, 0.3) is 0 Å². The Bertz CT molecular complexity index is 172. The van der Waals surface area contributed by atoms with Gasteiger partial charge in [-0.2, -0.15) is 0 Å². The third kappa shape index (κ3) is 3.32. The first-order chi connectivity index (χ1) is 6.26. The Morgan fingerprint density at radius 1 is 1.54 bits per heavy atom. The smallest absolute Gasteiger partial charge is 0.233 e. The highest BCUT2D eigenvalue weighted by molar-refractivity contribution is 5.77. The maximum Gasteiger partial charge on any atom is 0.233 e. The van der Waals surface area contributed by atoms with Crippen LogP contribution in [0.25, 0.3) is 0 Å². The number of hydrogen-bond donors (Lipinski definition) is 2. The Balaban J connectivity index is 2.29. The molecule has 13 heavy (non-hydrogen) atoms. The van der Waals surface area contributed by atoms with E-state index >= 15 is 0 Å². The first kappa shape index (κ1) is 10.5. The van der Waals surface area contributed by atoms with Crippen LogP contribution in [0.15, 0.2) is 0 Å². The van der Waals surface area contributed by atoms with E-state index < -0.39 is 0 Å². The number of nitrogens with zero attached hydrogens (tertiary/aromatic N) is 1. The van der Waals surface area contributed by atoms with Gasteiger partial charge in [-0.15, -0.1) is 0 Å². The van der Waals surface area contributed by atoms with Crippen molar-refractivity contribution in [2.75, 3.05) is 33.7 Å². The predicted molar refractivity (Wildman–Crippen MR) is 52.6 cm³/mol. The summed E-state index contributed by atoms with van der Waals surface area (Å²) in [6, 6.07) is 0.554. The lowest BCUT2D eigenvalue weighted by Gasteiger charge is -2.31. The molecule has 1 heterocycles. The number of piperidine rings is 1. The largest absolute Gasteiger partial charge is 0.358 e. The van der Waals surface area contributed by atoms with Crippen molar-refractivity contribution in [2.45, 2.75) is 18.9 Å². The topological polar surface area (TPSA) is 44.4 Å². The summed E-state index contributed by atoms with van der Waals surface area (Å²) in [6.07, 6.45) is 2.41. The molecule has 76 valence electrons. The summed E-state index contributed by atoms with van der Waals surface area (Å²) in [5.41, 5.74) is 0. The summed E-state index contributed by atoms with van der Waals surface area (Å²) in [6.45, 7) is 2.57. The minimum Gasteiger partial charge on any atom is -0.358 e. The maximum atomic E-state index is 11.1. The van der Waals surface area contributed by atoms with Crippen LogP contribution < -0.4 is 10.6 Å². The fraction of sp³-hybridized carbons (Fsp3) is 0.889. The van der Waals surface area contributed by atoms with Crippen molar-refractivity contribution in [3.05, 3.63) is 0 Å². The van der Waals surface area contributed by atoms with Gasteiger partial charge in [-0.3, -0.25) is 9.69 Å². The van der Waals surface area contributed by atoms with E-state index in [2.05, 4.69) is 15.5 Å². The van der Waals surface area contributed by atoms with Gasteiger partial charge in [0.1, 0.15) is 0 Å². The quantitative estimate of drug-likeness (QED) is 0.618. The molecule has 1 aliphatic rings. The van der Waals surface area contributed by atoms with Crippen LogP contribution >= 0.6 is 0 Å². The Morgan fingerprint density at radius 2 is 2.31 bits per heavy atom. The highest BCUT2D eigenvalue weighted by atomic mass is 16.1. The van der Waals surface area contributed by atoms with E-state index in [1.807, 2.05) is 7.05 Å². The minimum absolute atomic E-state index is 0.108. The lowest BCUT2D eigenvalue weighted by Crippen LogP contribution is -2.47. The van der Waals surface area contributed by atoms with Crippen molar-refractivity contribution in [3.63, 3.8) is 0 Å². The molecular weight excluding hydrogens is 166 g/mol. The van der Waals surface area contributed by atoms with E-state index in [1.165, 1.54) is 12.8 Å². The number of hydrogen-bond acceptors (Lipinski definition) is 3. The van der Waals surface area contributed by atoms with Crippen LogP contribution in [0, 0.1) is 0 Å². The van der Waals surface area contributed by atoms with Gasteiger partial charge in [0.2, 0.25) is 5.91 Å². The number of nitrogens with one attached hydrogen (secondary N) is 2. The van der Waals surface area contributed by atoms with Crippen LogP contribution in [0.1, 0.15) is 12.8 Å². The van der Waals surface area contributed by atoms with Gasteiger partial charge in [0.05, 0.1) is 6.54 Å². The second kappa shape index (κ2) is 5.19. The molecule has 0 aromatic rings. The highest BCUT2D eigenvalue weighted by Crippen LogP contribution is 2.08. The monoisotopic (exact) mass is 185 g/mol. The number of likely N-dealkylation sites (tertiary alicyclic amines) is 1.